The lowest BCUT2D eigenvalue weighted by Crippen LogP contribution is -2.31. The molecule has 0 aliphatic heterocycles. The van der Waals surface area contributed by atoms with E-state index in [4.69, 9.17) is 9.47 Å². The molecule has 120 valence electrons. The number of hydrogen-bond donors (Lipinski definition) is 0. The molecule has 0 spiro atoms. The molecule has 21 heavy (non-hydrogen) atoms. The molecule has 2 aliphatic rings. The zero-order valence-electron chi connectivity index (χ0n) is 13.3. The Balaban J connectivity index is 1.70. The molecule has 2 fully saturated rings. The van der Waals surface area contributed by atoms with Crippen LogP contribution < -0.4 is 0 Å². The SMILES string of the molecule is CCOC(=O)C1CCC(OC(=O)C2CCC(C)CC2)CC1. The molecule has 4 heteroatoms. The van der Waals surface area contributed by atoms with Crippen molar-refractivity contribution in [1.29, 1.82) is 0 Å². The van der Waals surface area contributed by atoms with Crippen LogP contribution in [-0.4, -0.2) is 24.6 Å². The first-order valence-corrected chi connectivity index (χ1v) is 8.47. The van der Waals surface area contributed by atoms with Crippen LogP contribution in [-0.2, 0) is 19.1 Å². The number of hydrogen-bond acceptors (Lipinski definition) is 4. The number of carbonyl (C=O) groups excluding carboxylic acids is 2. The molecule has 0 saturated heterocycles. The van der Waals surface area contributed by atoms with Gasteiger partial charge in [0.25, 0.3) is 0 Å². The van der Waals surface area contributed by atoms with Crippen molar-refractivity contribution in [2.75, 3.05) is 6.61 Å². The van der Waals surface area contributed by atoms with Crippen LogP contribution in [0.25, 0.3) is 0 Å². The van der Waals surface area contributed by atoms with Crippen molar-refractivity contribution in [3.63, 3.8) is 0 Å². The molecule has 0 amide bonds. The van der Waals surface area contributed by atoms with Crippen LogP contribution in [0.4, 0.5) is 0 Å². The van der Waals surface area contributed by atoms with E-state index in [9.17, 15) is 9.59 Å². The summed E-state index contributed by atoms with van der Waals surface area (Å²) in [7, 11) is 0. The monoisotopic (exact) mass is 296 g/mol. The second kappa shape index (κ2) is 7.81. The predicted molar refractivity (Wildman–Crippen MR) is 79.6 cm³/mol. The first-order chi connectivity index (χ1) is 10.1. The lowest BCUT2D eigenvalue weighted by molar-refractivity contribution is -0.159. The number of esters is 2. The van der Waals surface area contributed by atoms with Gasteiger partial charge in [-0.15, -0.1) is 0 Å². The third-order valence-electron chi connectivity index (χ3n) is 4.93. The third-order valence-corrected chi connectivity index (χ3v) is 4.93. The van der Waals surface area contributed by atoms with Gasteiger partial charge in [-0.05, 0) is 64.2 Å². The van der Waals surface area contributed by atoms with Gasteiger partial charge in [-0.1, -0.05) is 6.92 Å². The highest BCUT2D eigenvalue weighted by molar-refractivity contribution is 5.73. The van der Waals surface area contributed by atoms with Gasteiger partial charge < -0.3 is 9.47 Å². The van der Waals surface area contributed by atoms with Gasteiger partial charge in [0, 0.05) is 0 Å². The van der Waals surface area contributed by atoms with E-state index in [0.29, 0.717) is 6.61 Å². The first kappa shape index (κ1) is 16.3. The fourth-order valence-corrected chi connectivity index (χ4v) is 3.43. The maximum atomic E-state index is 12.2. The van der Waals surface area contributed by atoms with Crippen LogP contribution in [0.1, 0.15) is 65.2 Å². The van der Waals surface area contributed by atoms with Gasteiger partial charge in [0.1, 0.15) is 6.10 Å². The van der Waals surface area contributed by atoms with E-state index in [2.05, 4.69) is 6.92 Å². The molecular formula is C17H28O4. The van der Waals surface area contributed by atoms with Gasteiger partial charge >= 0.3 is 11.9 Å². The van der Waals surface area contributed by atoms with Crippen LogP contribution >= 0.6 is 0 Å². The fourth-order valence-electron chi connectivity index (χ4n) is 3.43. The molecule has 0 aromatic rings. The summed E-state index contributed by atoms with van der Waals surface area (Å²) in [4.78, 5) is 23.9. The molecule has 0 atom stereocenters. The summed E-state index contributed by atoms with van der Waals surface area (Å²) in [5.41, 5.74) is 0. The van der Waals surface area contributed by atoms with Gasteiger partial charge in [-0.3, -0.25) is 9.59 Å². The molecule has 0 aromatic heterocycles. The summed E-state index contributed by atoms with van der Waals surface area (Å²) in [5.74, 6) is 0.735. The van der Waals surface area contributed by atoms with Crippen molar-refractivity contribution in [3.05, 3.63) is 0 Å². The Morgan fingerprint density at radius 2 is 1.38 bits per heavy atom. The quantitative estimate of drug-likeness (QED) is 0.745. The average molecular weight is 296 g/mol. The minimum absolute atomic E-state index is 0.00234. The van der Waals surface area contributed by atoms with E-state index < -0.39 is 0 Å². The lowest BCUT2D eigenvalue weighted by atomic mass is 9.83. The van der Waals surface area contributed by atoms with Crippen molar-refractivity contribution in [3.8, 4) is 0 Å². The largest absolute Gasteiger partial charge is 0.466 e. The van der Waals surface area contributed by atoms with Gasteiger partial charge in [0.15, 0.2) is 0 Å². The Bertz CT molecular complexity index is 350. The number of rotatable bonds is 4. The molecule has 4 nitrogen and oxygen atoms in total. The Morgan fingerprint density at radius 1 is 0.857 bits per heavy atom. The van der Waals surface area contributed by atoms with E-state index in [1.807, 2.05) is 6.92 Å². The van der Waals surface area contributed by atoms with E-state index in [1.54, 1.807) is 0 Å². The fraction of sp³-hybridized carbons (Fsp3) is 0.882. The van der Waals surface area contributed by atoms with Crippen LogP contribution in [0.15, 0.2) is 0 Å². The summed E-state index contributed by atoms with van der Waals surface area (Å²) in [6.07, 6.45) is 7.34. The van der Waals surface area contributed by atoms with Crippen molar-refractivity contribution >= 4 is 11.9 Å². The van der Waals surface area contributed by atoms with Gasteiger partial charge in [0.05, 0.1) is 18.4 Å². The average Bonchev–Trinajstić information content (AvgIpc) is 2.49. The summed E-state index contributed by atoms with van der Waals surface area (Å²) in [5, 5.41) is 0. The molecule has 0 bridgehead atoms. The molecule has 0 aromatic carbocycles. The topological polar surface area (TPSA) is 52.6 Å². The summed E-state index contributed by atoms with van der Waals surface area (Å²) in [6.45, 7) is 4.52. The highest BCUT2D eigenvalue weighted by Crippen LogP contribution is 2.32. The zero-order valence-corrected chi connectivity index (χ0v) is 13.3. The van der Waals surface area contributed by atoms with Crippen molar-refractivity contribution in [1.82, 2.24) is 0 Å². The second-order valence-electron chi connectivity index (χ2n) is 6.62. The molecule has 0 unspecified atom stereocenters. The maximum Gasteiger partial charge on any atom is 0.309 e. The Morgan fingerprint density at radius 3 is 1.95 bits per heavy atom. The molecule has 0 heterocycles. The molecule has 2 saturated carbocycles. The lowest BCUT2D eigenvalue weighted by Gasteiger charge is -2.30. The number of ether oxygens (including phenoxy) is 2. The van der Waals surface area contributed by atoms with Crippen molar-refractivity contribution in [2.24, 2.45) is 17.8 Å². The van der Waals surface area contributed by atoms with Crippen molar-refractivity contribution in [2.45, 2.75) is 71.3 Å². The minimum Gasteiger partial charge on any atom is -0.466 e. The summed E-state index contributed by atoms with van der Waals surface area (Å²) < 4.78 is 10.7. The predicted octanol–water partition coefficient (Wildman–Crippen LogP) is 3.48. The molecule has 0 N–H and O–H groups in total. The standard InChI is InChI=1S/C17H28O4/c1-3-20-16(18)13-8-10-15(11-9-13)21-17(19)14-6-4-12(2)5-7-14/h12-15H,3-11H2,1-2H3. The van der Waals surface area contributed by atoms with Crippen LogP contribution in [0, 0.1) is 17.8 Å². The Kier molecular flexibility index (Phi) is 6.07. The minimum atomic E-state index is -0.0939. The molecule has 2 aliphatic carbocycles. The molecular weight excluding hydrogens is 268 g/mol. The number of carbonyl (C=O) groups is 2. The van der Waals surface area contributed by atoms with E-state index in [1.165, 1.54) is 0 Å². The highest BCUT2D eigenvalue weighted by Gasteiger charge is 2.31. The van der Waals surface area contributed by atoms with Crippen LogP contribution in [0.3, 0.4) is 0 Å². The smallest absolute Gasteiger partial charge is 0.309 e. The second-order valence-corrected chi connectivity index (χ2v) is 6.62. The summed E-state index contributed by atoms with van der Waals surface area (Å²) in [6, 6.07) is 0. The highest BCUT2D eigenvalue weighted by atomic mass is 16.5. The van der Waals surface area contributed by atoms with Gasteiger partial charge in [-0.25, -0.2) is 0 Å². The van der Waals surface area contributed by atoms with Crippen LogP contribution in [0.5, 0.6) is 0 Å². The molecule has 2 rings (SSSR count). The van der Waals surface area contributed by atoms with E-state index in [0.717, 1.165) is 57.3 Å². The third kappa shape index (κ3) is 4.72. The van der Waals surface area contributed by atoms with Crippen molar-refractivity contribution < 1.29 is 19.1 Å². The summed E-state index contributed by atoms with van der Waals surface area (Å²) >= 11 is 0. The first-order valence-electron chi connectivity index (χ1n) is 8.47. The molecule has 0 radical (unpaired) electrons. The normalized spacial score (nSPS) is 33.2. The zero-order chi connectivity index (χ0) is 15.2. The van der Waals surface area contributed by atoms with Gasteiger partial charge in [0.2, 0.25) is 0 Å². The Labute approximate surface area is 127 Å². The van der Waals surface area contributed by atoms with Gasteiger partial charge in [-0.2, -0.15) is 0 Å². The Hall–Kier alpha value is -1.06. The maximum absolute atomic E-state index is 12.2. The van der Waals surface area contributed by atoms with E-state index >= 15 is 0 Å². The van der Waals surface area contributed by atoms with Crippen LogP contribution in [0.2, 0.25) is 0 Å². The van der Waals surface area contributed by atoms with E-state index in [-0.39, 0.29) is 29.9 Å².